The van der Waals surface area contributed by atoms with Gasteiger partial charge in [-0.05, 0) is 49.9 Å². The molecule has 3 aliphatic carbocycles. The van der Waals surface area contributed by atoms with Gasteiger partial charge in [0.2, 0.25) is 0 Å². The Balaban J connectivity index is 1.59. The van der Waals surface area contributed by atoms with Crippen molar-refractivity contribution < 1.29 is 18.8 Å². The average molecular weight is 454 g/mol. The Kier molecular flexibility index (Phi) is 6.00. The molecule has 5 rings (SSSR count). The van der Waals surface area contributed by atoms with Gasteiger partial charge in [0.1, 0.15) is 16.5 Å². The van der Waals surface area contributed by atoms with Crippen molar-refractivity contribution in [3.63, 3.8) is 0 Å². The van der Waals surface area contributed by atoms with Gasteiger partial charge in [-0.1, -0.05) is 53.1 Å². The summed E-state index contributed by atoms with van der Waals surface area (Å²) in [7, 11) is -3.31. The smallest absolute Gasteiger partial charge is 0.404 e. The second-order valence-electron chi connectivity index (χ2n) is 12.9. The molecule has 2 aliphatic heterocycles. The lowest BCUT2D eigenvalue weighted by Crippen LogP contribution is -2.67. The van der Waals surface area contributed by atoms with Gasteiger partial charge in [0.05, 0.1) is 24.9 Å². The first-order valence-corrected chi connectivity index (χ1v) is 19.0. The molecule has 2 heterocycles. The van der Waals surface area contributed by atoms with Gasteiger partial charge in [-0.15, -0.1) is 0 Å². The Morgan fingerprint density at radius 3 is 2.10 bits per heavy atom. The molecule has 30 heavy (non-hydrogen) atoms. The van der Waals surface area contributed by atoms with Gasteiger partial charge in [0.25, 0.3) is 0 Å². The average Bonchev–Trinajstić information content (AvgIpc) is 3.21. The molecular formula is C22H44BNO4Si2. The molecular weight excluding hydrogens is 409 g/mol. The third-order valence-electron chi connectivity index (χ3n) is 8.45. The predicted molar refractivity (Wildman–Crippen MR) is 127 cm³/mol. The molecule has 0 amide bonds. The van der Waals surface area contributed by atoms with Crippen LogP contribution in [0.25, 0.3) is 0 Å². The van der Waals surface area contributed by atoms with Crippen LogP contribution in [0, 0.1) is 17.3 Å². The Labute approximate surface area is 186 Å². The van der Waals surface area contributed by atoms with Crippen LogP contribution >= 0.6 is 0 Å². The fourth-order valence-corrected chi connectivity index (χ4v) is 17.9. The Morgan fingerprint density at radius 1 is 0.967 bits per heavy atom. The summed E-state index contributed by atoms with van der Waals surface area (Å²) in [5.74, 6) is 1.67. The van der Waals surface area contributed by atoms with Gasteiger partial charge in [-0.2, -0.15) is 0 Å². The van der Waals surface area contributed by atoms with E-state index in [4.69, 9.17) is 18.8 Å². The van der Waals surface area contributed by atoms with Crippen molar-refractivity contribution in [3.8, 4) is 0 Å². The maximum atomic E-state index is 6.99. The topological polar surface area (TPSA) is 40.2 Å². The monoisotopic (exact) mass is 453 g/mol. The zero-order chi connectivity index (χ0) is 22.1. The van der Waals surface area contributed by atoms with E-state index < -0.39 is 16.5 Å². The fourth-order valence-electron chi connectivity index (χ4n) is 7.33. The van der Waals surface area contributed by atoms with E-state index in [1.54, 1.807) is 0 Å². The molecule has 5 atom stereocenters. The summed E-state index contributed by atoms with van der Waals surface area (Å²) < 4.78 is 28.2. The van der Waals surface area contributed by atoms with Crippen molar-refractivity contribution in [2.45, 2.75) is 110 Å². The minimum atomic E-state index is -1.58. The minimum absolute atomic E-state index is 0.0661. The molecule has 8 heteroatoms. The van der Waals surface area contributed by atoms with Crippen LogP contribution in [0.3, 0.4) is 0 Å². The molecule has 0 unspecified atom stereocenters. The molecule has 0 N–H and O–H groups in total. The SMILES string of the molecule is CC1(C)[C@@H]2C[C@H]3OB([C@H](CCC4OCCO4)N([Si](C)(C)C)[Si](C)(C)C)O[C@@]3(C)[C@H]1C2. The maximum Gasteiger partial charge on any atom is 0.474 e. The first-order valence-electron chi connectivity index (χ1n) is 12.1. The van der Waals surface area contributed by atoms with Gasteiger partial charge in [0.15, 0.2) is 6.29 Å². The molecule has 0 spiro atoms. The third-order valence-corrected chi connectivity index (χ3v) is 16.0. The number of rotatable bonds is 7. The largest absolute Gasteiger partial charge is 0.474 e. The lowest BCUT2D eigenvalue weighted by atomic mass is 9.43. The summed E-state index contributed by atoms with van der Waals surface area (Å²) in [4.78, 5) is 0. The number of ether oxygens (including phenoxy) is 2. The van der Waals surface area contributed by atoms with Crippen molar-refractivity contribution in [1.82, 2.24) is 4.23 Å². The van der Waals surface area contributed by atoms with Crippen molar-refractivity contribution in [3.05, 3.63) is 0 Å². The van der Waals surface area contributed by atoms with Crippen LogP contribution in [0.5, 0.6) is 0 Å². The van der Waals surface area contributed by atoms with Gasteiger partial charge < -0.3 is 23.0 Å². The van der Waals surface area contributed by atoms with E-state index >= 15 is 0 Å². The number of nitrogens with zero attached hydrogens (tertiary/aromatic N) is 1. The molecule has 0 aromatic rings. The van der Waals surface area contributed by atoms with Gasteiger partial charge in [-0.25, -0.2) is 0 Å². The highest BCUT2D eigenvalue weighted by Gasteiger charge is 2.69. The highest BCUT2D eigenvalue weighted by molar-refractivity contribution is 6.90. The molecule has 2 bridgehead atoms. The standard InChI is InChI=1S/C22H44BNO4Si2/c1-21(2)16-14-17(21)22(3)18(15-16)27-23(28-22)19(10-11-20-25-12-13-26-20)24(29(4,5)6)30(7,8)9/h16-20H,10-15H2,1-9H3/t16-,17-,18+,19-,22-/m0/s1. The van der Waals surface area contributed by atoms with E-state index in [0.717, 1.165) is 38.4 Å². The molecule has 0 radical (unpaired) electrons. The predicted octanol–water partition coefficient (Wildman–Crippen LogP) is 4.75. The van der Waals surface area contributed by atoms with Crippen LogP contribution in [0.1, 0.15) is 46.5 Å². The van der Waals surface area contributed by atoms with Gasteiger partial charge in [0, 0.05) is 5.94 Å². The molecule has 0 aromatic heterocycles. The Hall–Kier alpha value is 0.299. The van der Waals surface area contributed by atoms with Crippen molar-refractivity contribution >= 4 is 23.6 Å². The normalized spacial score (nSPS) is 37.4. The molecule has 0 aromatic carbocycles. The molecule has 3 saturated carbocycles. The zero-order valence-electron chi connectivity index (χ0n) is 20.8. The first-order chi connectivity index (χ1) is 13.7. The summed E-state index contributed by atoms with van der Waals surface area (Å²) in [6.07, 6.45) is 4.55. The lowest BCUT2D eigenvalue weighted by Gasteiger charge is -2.64. The van der Waals surface area contributed by atoms with Crippen LogP contribution < -0.4 is 0 Å². The highest BCUT2D eigenvalue weighted by Crippen LogP contribution is 2.66. The quantitative estimate of drug-likeness (QED) is 0.521. The molecule has 2 saturated heterocycles. The highest BCUT2D eigenvalue weighted by atomic mass is 28.4. The number of hydrogen-bond acceptors (Lipinski definition) is 5. The number of hydrogen-bond donors (Lipinski definition) is 0. The van der Waals surface area contributed by atoms with E-state index in [9.17, 15) is 0 Å². The zero-order valence-corrected chi connectivity index (χ0v) is 22.8. The van der Waals surface area contributed by atoms with Crippen LogP contribution in [0.15, 0.2) is 0 Å². The molecule has 5 aliphatic rings. The summed E-state index contributed by atoms with van der Waals surface area (Å²) in [5, 5.41) is 0. The summed E-state index contributed by atoms with van der Waals surface area (Å²) in [6.45, 7) is 23.5. The summed E-state index contributed by atoms with van der Waals surface area (Å²) >= 11 is 0. The van der Waals surface area contributed by atoms with Crippen molar-refractivity contribution in [1.29, 1.82) is 0 Å². The molecule has 5 nitrogen and oxygen atoms in total. The van der Waals surface area contributed by atoms with Crippen molar-refractivity contribution in [2.75, 3.05) is 13.2 Å². The van der Waals surface area contributed by atoms with E-state index in [2.05, 4.69) is 64.3 Å². The van der Waals surface area contributed by atoms with Crippen LogP contribution in [0.2, 0.25) is 39.3 Å². The minimum Gasteiger partial charge on any atom is -0.404 e. The van der Waals surface area contributed by atoms with Crippen LogP contribution in [-0.4, -0.2) is 65.0 Å². The molecule has 5 fully saturated rings. The van der Waals surface area contributed by atoms with Crippen LogP contribution in [-0.2, 0) is 18.8 Å². The van der Waals surface area contributed by atoms with Crippen LogP contribution in [0.4, 0.5) is 0 Å². The molecule has 172 valence electrons. The second kappa shape index (κ2) is 7.67. The van der Waals surface area contributed by atoms with Gasteiger partial charge in [-0.3, -0.25) is 0 Å². The first kappa shape index (κ1) is 23.5. The summed E-state index contributed by atoms with van der Waals surface area (Å²) in [5.41, 5.74) is 0.230. The third kappa shape index (κ3) is 3.93. The summed E-state index contributed by atoms with van der Waals surface area (Å²) in [6, 6.07) is 0. The van der Waals surface area contributed by atoms with E-state index in [0.29, 0.717) is 11.3 Å². The lowest BCUT2D eigenvalue weighted by molar-refractivity contribution is -0.199. The Morgan fingerprint density at radius 2 is 1.57 bits per heavy atom. The van der Waals surface area contributed by atoms with E-state index in [-0.39, 0.29) is 31.1 Å². The Bertz CT molecular complexity index is 632. The maximum absolute atomic E-state index is 6.99. The van der Waals surface area contributed by atoms with E-state index in [1.165, 1.54) is 6.42 Å². The fraction of sp³-hybridized carbons (Fsp3) is 1.00. The van der Waals surface area contributed by atoms with Gasteiger partial charge >= 0.3 is 7.12 Å². The van der Waals surface area contributed by atoms with Crippen molar-refractivity contribution in [2.24, 2.45) is 17.3 Å². The second-order valence-corrected chi connectivity index (χ2v) is 23.0. The van der Waals surface area contributed by atoms with E-state index in [1.807, 2.05) is 0 Å².